The zero-order chi connectivity index (χ0) is 39.1. The molecule has 11 rings (SSSR count). The second kappa shape index (κ2) is 14.5. The van der Waals surface area contributed by atoms with Gasteiger partial charge < -0.3 is 4.57 Å². The molecular formula is C55H36N4. The number of rotatable bonds is 7. The zero-order valence-electron chi connectivity index (χ0n) is 32.1. The average Bonchev–Trinajstić information content (AvgIpc) is 3.66. The van der Waals surface area contributed by atoms with E-state index in [1.165, 1.54) is 43.9 Å². The topological polar surface area (TPSA) is 43.6 Å². The van der Waals surface area contributed by atoms with Crippen LogP contribution in [0.2, 0.25) is 0 Å². The van der Waals surface area contributed by atoms with Crippen molar-refractivity contribution in [2.24, 2.45) is 0 Å². The van der Waals surface area contributed by atoms with E-state index in [9.17, 15) is 0 Å². The molecule has 0 aliphatic carbocycles. The fourth-order valence-electron chi connectivity index (χ4n) is 8.26. The third-order valence-electron chi connectivity index (χ3n) is 11.2. The van der Waals surface area contributed by atoms with Crippen LogP contribution in [-0.2, 0) is 0 Å². The van der Waals surface area contributed by atoms with Gasteiger partial charge in [0.2, 0.25) is 0 Å². The predicted molar refractivity (Wildman–Crippen MR) is 244 cm³/mol. The Morgan fingerprint density at radius 2 is 0.729 bits per heavy atom. The molecular weight excluding hydrogens is 717 g/mol. The van der Waals surface area contributed by atoms with Crippen LogP contribution in [0, 0.1) is 0 Å². The third-order valence-corrected chi connectivity index (χ3v) is 11.2. The zero-order valence-corrected chi connectivity index (χ0v) is 32.1. The van der Waals surface area contributed by atoms with Gasteiger partial charge in [0.05, 0.1) is 11.0 Å². The Bertz CT molecular complexity index is 3310. The first kappa shape index (κ1) is 34.3. The molecule has 0 saturated carbocycles. The van der Waals surface area contributed by atoms with Crippen molar-refractivity contribution >= 4 is 32.6 Å². The largest absolute Gasteiger partial charge is 0.309 e. The number of hydrogen-bond donors (Lipinski definition) is 0. The molecule has 0 atom stereocenters. The molecule has 11 aromatic rings. The molecule has 2 heterocycles. The number of fused-ring (bicyclic) bond motifs is 4. The standard InChI is InChI=1S/C55H36N4/c1-3-13-37(14-4-1)40-25-28-41(29-26-40)53-56-54(58-55(57-53)47-30-27-39-17-7-8-18-42(39)33-47)46-21-11-19-43(34-46)44-20-12-22-48(35-44)59-51-24-10-9-23-49(51)50-36-45(31-32-52(50)59)38-15-5-2-6-16-38/h1-36H. The molecule has 0 saturated heterocycles. The summed E-state index contributed by atoms with van der Waals surface area (Å²) in [5.41, 5.74) is 13.2. The van der Waals surface area contributed by atoms with E-state index in [0.29, 0.717) is 17.5 Å². The van der Waals surface area contributed by atoms with Gasteiger partial charge in [-0.3, -0.25) is 0 Å². The first-order chi connectivity index (χ1) is 29.2. The van der Waals surface area contributed by atoms with E-state index in [2.05, 4.69) is 217 Å². The monoisotopic (exact) mass is 752 g/mol. The highest BCUT2D eigenvalue weighted by molar-refractivity contribution is 6.10. The molecule has 0 amide bonds. The van der Waals surface area contributed by atoms with Crippen molar-refractivity contribution in [2.45, 2.75) is 0 Å². The molecule has 0 unspecified atom stereocenters. The van der Waals surface area contributed by atoms with E-state index in [1.807, 2.05) is 6.07 Å². The second-order valence-electron chi connectivity index (χ2n) is 14.9. The molecule has 0 spiro atoms. The summed E-state index contributed by atoms with van der Waals surface area (Å²) >= 11 is 0. The van der Waals surface area contributed by atoms with Crippen molar-refractivity contribution in [3.63, 3.8) is 0 Å². The lowest BCUT2D eigenvalue weighted by Gasteiger charge is -2.12. The van der Waals surface area contributed by atoms with Crippen LogP contribution in [-0.4, -0.2) is 19.5 Å². The number of hydrogen-bond acceptors (Lipinski definition) is 3. The summed E-state index contributed by atoms with van der Waals surface area (Å²) in [5, 5.41) is 4.78. The Morgan fingerprint density at radius 3 is 1.49 bits per heavy atom. The maximum Gasteiger partial charge on any atom is 0.164 e. The van der Waals surface area contributed by atoms with Crippen LogP contribution in [0.15, 0.2) is 218 Å². The second-order valence-corrected chi connectivity index (χ2v) is 14.9. The highest BCUT2D eigenvalue weighted by atomic mass is 15.0. The van der Waals surface area contributed by atoms with E-state index in [4.69, 9.17) is 15.0 Å². The summed E-state index contributed by atoms with van der Waals surface area (Å²) in [4.78, 5) is 15.3. The van der Waals surface area contributed by atoms with Crippen LogP contribution in [0.4, 0.5) is 0 Å². The van der Waals surface area contributed by atoms with Gasteiger partial charge in [-0.15, -0.1) is 0 Å². The van der Waals surface area contributed by atoms with Crippen molar-refractivity contribution in [3.8, 4) is 73.2 Å². The number of nitrogens with zero attached hydrogens (tertiary/aromatic N) is 4. The summed E-state index contributed by atoms with van der Waals surface area (Å²) in [5.74, 6) is 1.89. The van der Waals surface area contributed by atoms with Crippen LogP contribution >= 0.6 is 0 Å². The molecule has 59 heavy (non-hydrogen) atoms. The Morgan fingerprint density at radius 1 is 0.254 bits per heavy atom. The maximum atomic E-state index is 5.14. The number of aromatic nitrogens is 4. The third kappa shape index (κ3) is 6.43. The van der Waals surface area contributed by atoms with E-state index in [0.717, 1.165) is 44.5 Å². The Hall–Kier alpha value is -7.95. The smallest absolute Gasteiger partial charge is 0.164 e. The van der Waals surface area contributed by atoms with Crippen LogP contribution in [0.25, 0.3) is 106 Å². The fourth-order valence-corrected chi connectivity index (χ4v) is 8.26. The van der Waals surface area contributed by atoms with E-state index in [-0.39, 0.29) is 0 Å². The van der Waals surface area contributed by atoms with Crippen molar-refractivity contribution in [2.75, 3.05) is 0 Å². The molecule has 0 fully saturated rings. The van der Waals surface area contributed by atoms with Gasteiger partial charge in [0, 0.05) is 33.2 Å². The van der Waals surface area contributed by atoms with Crippen LogP contribution in [0.3, 0.4) is 0 Å². The van der Waals surface area contributed by atoms with Crippen LogP contribution < -0.4 is 0 Å². The summed E-state index contributed by atoms with van der Waals surface area (Å²) in [6, 6.07) is 77.1. The van der Waals surface area contributed by atoms with Crippen LogP contribution in [0.5, 0.6) is 0 Å². The van der Waals surface area contributed by atoms with Crippen molar-refractivity contribution in [1.82, 2.24) is 19.5 Å². The quantitative estimate of drug-likeness (QED) is 0.163. The van der Waals surface area contributed by atoms with Gasteiger partial charge >= 0.3 is 0 Å². The summed E-state index contributed by atoms with van der Waals surface area (Å²) in [7, 11) is 0. The molecule has 4 heteroatoms. The van der Waals surface area contributed by atoms with Gasteiger partial charge in [-0.1, -0.05) is 176 Å². The number of para-hydroxylation sites is 1. The molecule has 0 bridgehead atoms. The SMILES string of the molecule is c1ccc(-c2ccc(-c3nc(-c4cccc(-c5cccc(-n6c7ccccc7c7cc(-c8ccccc8)ccc76)c5)c4)nc(-c4ccc5ccccc5c4)n3)cc2)cc1. The molecule has 2 aromatic heterocycles. The maximum absolute atomic E-state index is 5.14. The molecule has 0 aliphatic rings. The Labute approximate surface area is 342 Å². The first-order valence-corrected chi connectivity index (χ1v) is 19.9. The minimum atomic E-state index is 0.625. The molecule has 0 N–H and O–H groups in total. The molecule has 9 aromatic carbocycles. The van der Waals surface area contributed by atoms with E-state index < -0.39 is 0 Å². The van der Waals surface area contributed by atoms with E-state index in [1.54, 1.807) is 0 Å². The fraction of sp³-hybridized carbons (Fsp3) is 0. The molecule has 276 valence electrons. The lowest BCUT2D eigenvalue weighted by atomic mass is 10.0. The van der Waals surface area contributed by atoms with Gasteiger partial charge in [0.15, 0.2) is 17.5 Å². The average molecular weight is 753 g/mol. The Balaban J connectivity index is 1.01. The van der Waals surface area contributed by atoms with Gasteiger partial charge in [0.1, 0.15) is 0 Å². The van der Waals surface area contributed by atoms with E-state index >= 15 is 0 Å². The summed E-state index contributed by atoms with van der Waals surface area (Å²) < 4.78 is 2.38. The lowest BCUT2D eigenvalue weighted by Crippen LogP contribution is -2.00. The summed E-state index contributed by atoms with van der Waals surface area (Å²) in [6.45, 7) is 0. The normalized spacial score (nSPS) is 11.4. The summed E-state index contributed by atoms with van der Waals surface area (Å²) in [6.07, 6.45) is 0. The molecule has 0 aliphatic heterocycles. The van der Waals surface area contributed by atoms with Crippen molar-refractivity contribution in [3.05, 3.63) is 218 Å². The molecule has 4 nitrogen and oxygen atoms in total. The van der Waals surface area contributed by atoms with Gasteiger partial charge in [-0.25, -0.2) is 15.0 Å². The van der Waals surface area contributed by atoms with Crippen molar-refractivity contribution < 1.29 is 0 Å². The molecule has 0 radical (unpaired) electrons. The number of benzene rings is 9. The predicted octanol–water partition coefficient (Wildman–Crippen LogP) is 14.1. The van der Waals surface area contributed by atoms with Gasteiger partial charge in [-0.05, 0) is 86.6 Å². The highest BCUT2D eigenvalue weighted by Crippen LogP contribution is 2.37. The highest BCUT2D eigenvalue weighted by Gasteiger charge is 2.16. The minimum Gasteiger partial charge on any atom is -0.309 e. The lowest BCUT2D eigenvalue weighted by molar-refractivity contribution is 1.07. The van der Waals surface area contributed by atoms with Crippen molar-refractivity contribution in [1.29, 1.82) is 0 Å². The van der Waals surface area contributed by atoms with Crippen LogP contribution in [0.1, 0.15) is 0 Å². The minimum absolute atomic E-state index is 0.625. The van der Waals surface area contributed by atoms with Gasteiger partial charge in [0.25, 0.3) is 0 Å². The Kier molecular flexibility index (Phi) is 8.45. The first-order valence-electron chi connectivity index (χ1n) is 19.9. The van der Waals surface area contributed by atoms with Gasteiger partial charge in [-0.2, -0.15) is 0 Å².